The van der Waals surface area contributed by atoms with Crippen molar-refractivity contribution in [1.82, 2.24) is 29.1 Å². The fraction of sp³-hybridized carbons (Fsp3) is 0.462. The lowest BCUT2D eigenvalue weighted by molar-refractivity contribution is -0.123. The molecule has 5 rings (SSSR count). The van der Waals surface area contributed by atoms with E-state index >= 15 is 0 Å². The van der Waals surface area contributed by atoms with Crippen LogP contribution in [0, 0.1) is 5.41 Å². The maximum absolute atomic E-state index is 10.6. The second kappa shape index (κ2) is 13.7. The fourth-order valence-corrected chi connectivity index (χ4v) is 5.36. The summed E-state index contributed by atoms with van der Waals surface area (Å²) in [6, 6.07) is 10.8. The van der Waals surface area contributed by atoms with Gasteiger partial charge in [-0.2, -0.15) is 5.10 Å². The van der Waals surface area contributed by atoms with Gasteiger partial charge in [0.25, 0.3) is 12.9 Å². The van der Waals surface area contributed by atoms with Crippen LogP contribution in [0.5, 0.6) is 0 Å². The average Bonchev–Trinajstić information content (AvgIpc) is 3.55. The minimum absolute atomic E-state index is 0.232. The SMILES string of the molecule is Cn1nccc1CN1CC(O)CC2(CCN(Cc3ccc(-n4ccnc4)cc3)CC2)C1.O=CO.O=CO. The van der Waals surface area contributed by atoms with Crippen LogP contribution in [0.3, 0.4) is 0 Å². The van der Waals surface area contributed by atoms with Gasteiger partial charge in [0.2, 0.25) is 0 Å². The number of benzene rings is 1. The lowest BCUT2D eigenvalue weighted by Crippen LogP contribution is -2.53. The first-order valence-corrected chi connectivity index (χ1v) is 12.2. The van der Waals surface area contributed by atoms with Gasteiger partial charge in [-0.25, -0.2) is 4.98 Å². The molecule has 1 unspecified atom stereocenters. The van der Waals surface area contributed by atoms with Crippen LogP contribution >= 0.6 is 0 Å². The van der Waals surface area contributed by atoms with Crippen molar-refractivity contribution in [1.29, 1.82) is 0 Å². The summed E-state index contributed by atoms with van der Waals surface area (Å²) < 4.78 is 3.97. The minimum atomic E-state index is -0.250. The number of piperidine rings is 2. The highest BCUT2D eigenvalue weighted by Crippen LogP contribution is 2.40. The quantitative estimate of drug-likeness (QED) is 0.438. The highest BCUT2D eigenvalue weighted by atomic mass is 16.3. The number of carbonyl (C=O) groups is 2. The molecule has 1 atom stereocenters. The van der Waals surface area contributed by atoms with E-state index in [1.54, 1.807) is 6.20 Å². The first-order chi connectivity index (χ1) is 17.9. The summed E-state index contributed by atoms with van der Waals surface area (Å²) in [5.41, 5.74) is 3.93. The average molecular weight is 513 g/mol. The number of imidazole rings is 1. The molecule has 0 amide bonds. The summed E-state index contributed by atoms with van der Waals surface area (Å²) in [5, 5.41) is 28.7. The number of rotatable bonds is 5. The summed E-state index contributed by atoms with van der Waals surface area (Å²) in [7, 11) is 1.99. The van der Waals surface area contributed by atoms with Gasteiger partial charge in [-0.3, -0.25) is 24.1 Å². The third-order valence-electron chi connectivity index (χ3n) is 7.07. The zero-order valence-corrected chi connectivity index (χ0v) is 21.1. The molecule has 1 spiro atoms. The standard InChI is InChI=1S/C24H32N6O.2CH2O2/c1-27-22(6-9-26-27)16-29-17-23(31)14-24(18-29)7-11-28(12-8-24)15-20-2-4-21(5-3-20)30-13-10-25-19-30;2*2-1-3/h2-6,9-10,13,19,23,31H,7-8,11-12,14-18H2,1H3;2*1H,(H,2,3). The smallest absolute Gasteiger partial charge is 0.290 e. The number of hydrogen-bond acceptors (Lipinski definition) is 7. The van der Waals surface area contributed by atoms with E-state index in [0.717, 1.165) is 64.2 Å². The van der Waals surface area contributed by atoms with Crippen molar-refractivity contribution in [3.05, 3.63) is 66.5 Å². The fourth-order valence-electron chi connectivity index (χ4n) is 5.36. The predicted molar refractivity (Wildman–Crippen MR) is 137 cm³/mol. The van der Waals surface area contributed by atoms with Crippen molar-refractivity contribution in [2.24, 2.45) is 12.5 Å². The number of β-amino-alcohol motifs (C(OH)–C–C–N with tert-alkyl or cyclic N) is 1. The predicted octanol–water partition coefficient (Wildman–Crippen LogP) is 1.86. The number of aryl methyl sites for hydroxylation is 1. The molecule has 0 bridgehead atoms. The number of carboxylic acid groups (broad SMARTS) is 2. The normalized spacial score (nSPS) is 19.2. The van der Waals surface area contributed by atoms with Gasteiger partial charge in [-0.1, -0.05) is 12.1 Å². The Balaban J connectivity index is 0.000000580. The van der Waals surface area contributed by atoms with Gasteiger partial charge in [0.05, 0.1) is 18.1 Å². The first kappa shape index (κ1) is 28.0. The van der Waals surface area contributed by atoms with Gasteiger partial charge in [0.1, 0.15) is 0 Å². The molecule has 2 aromatic heterocycles. The molecule has 2 saturated heterocycles. The van der Waals surface area contributed by atoms with Gasteiger partial charge in [0.15, 0.2) is 0 Å². The van der Waals surface area contributed by atoms with E-state index < -0.39 is 0 Å². The molecule has 0 radical (unpaired) electrons. The molecule has 2 aliphatic rings. The molecule has 4 heterocycles. The van der Waals surface area contributed by atoms with E-state index in [4.69, 9.17) is 19.8 Å². The van der Waals surface area contributed by atoms with E-state index in [2.05, 4.69) is 50.2 Å². The topological polar surface area (TPSA) is 137 Å². The summed E-state index contributed by atoms with van der Waals surface area (Å²) in [6.07, 6.45) is 10.5. The van der Waals surface area contributed by atoms with Crippen molar-refractivity contribution in [3.63, 3.8) is 0 Å². The highest BCUT2D eigenvalue weighted by molar-refractivity contribution is 5.34. The molecule has 11 heteroatoms. The Hall–Kier alpha value is -3.54. The maximum Gasteiger partial charge on any atom is 0.290 e. The Bertz CT molecular complexity index is 1070. The minimum Gasteiger partial charge on any atom is -0.483 e. The molecule has 11 nitrogen and oxygen atoms in total. The Morgan fingerprint density at radius 3 is 2.24 bits per heavy atom. The van der Waals surface area contributed by atoms with Gasteiger partial charge in [-0.15, -0.1) is 0 Å². The van der Waals surface area contributed by atoms with Crippen molar-refractivity contribution in [3.8, 4) is 5.69 Å². The molecule has 200 valence electrons. The van der Waals surface area contributed by atoms with Crippen LogP contribution in [0.2, 0.25) is 0 Å². The van der Waals surface area contributed by atoms with Gasteiger partial charge >= 0.3 is 0 Å². The Morgan fingerprint density at radius 2 is 1.68 bits per heavy atom. The van der Waals surface area contributed by atoms with Crippen LogP contribution in [0.25, 0.3) is 5.69 Å². The van der Waals surface area contributed by atoms with E-state index in [1.165, 1.54) is 11.3 Å². The molecule has 2 fully saturated rings. The molecular weight excluding hydrogens is 476 g/mol. The van der Waals surface area contributed by atoms with E-state index in [1.807, 2.05) is 35.0 Å². The third-order valence-corrected chi connectivity index (χ3v) is 7.07. The van der Waals surface area contributed by atoms with Gasteiger partial charge in [0, 0.05) is 57.5 Å². The first-order valence-electron chi connectivity index (χ1n) is 12.2. The second-order valence-corrected chi connectivity index (χ2v) is 9.60. The number of hydrogen-bond donors (Lipinski definition) is 3. The third kappa shape index (κ3) is 7.97. The molecular formula is C26H36N6O5. The monoisotopic (exact) mass is 512 g/mol. The van der Waals surface area contributed by atoms with Crippen molar-refractivity contribution in [2.75, 3.05) is 26.2 Å². The number of aromatic nitrogens is 4. The molecule has 0 saturated carbocycles. The van der Waals surface area contributed by atoms with E-state index in [0.29, 0.717) is 0 Å². The van der Waals surface area contributed by atoms with E-state index in [9.17, 15) is 5.11 Å². The molecule has 0 aliphatic carbocycles. The number of nitrogens with zero attached hydrogens (tertiary/aromatic N) is 6. The van der Waals surface area contributed by atoms with Gasteiger partial charge < -0.3 is 19.9 Å². The van der Waals surface area contributed by atoms with Gasteiger partial charge in [-0.05, 0) is 61.5 Å². The molecule has 37 heavy (non-hydrogen) atoms. The summed E-state index contributed by atoms with van der Waals surface area (Å²) in [5.74, 6) is 0. The summed E-state index contributed by atoms with van der Waals surface area (Å²) in [4.78, 5) is 25.8. The lowest BCUT2D eigenvalue weighted by atomic mass is 9.71. The van der Waals surface area contributed by atoms with Crippen molar-refractivity contribution in [2.45, 2.75) is 38.5 Å². The van der Waals surface area contributed by atoms with Crippen LogP contribution in [0.15, 0.2) is 55.2 Å². The van der Waals surface area contributed by atoms with Crippen LogP contribution in [-0.4, -0.2) is 89.7 Å². The molecule has 1 aromatic carbocycles. The van der Waals surface area contributed by atoms with Crippen molar-refractivity contribution >= 4 is 12.9 Å². The summed E-state index contributed by atoms with van der Waals surface area (Å²) in [6.45, 7) is 5.37. The van der Waals surface area contributed by atoms with Crippen LogP contribution < -0.4 is 0 Å². The Labute approximate surface area is 216 Å². The van der Waals surface area contributed by atoms with E-state index in [-0.39, 0.29) is 24.5 Å². The molecule has 2 aliphatic heterocycles. The number of aliphatic hydroxyl groups excluding tert-OH is 1. The Morgan fingerprint density at radius 1 is 1.00 bits per heavy atom. The zero-order chi connectivity index (χ0) is 26.7. The maximum atomic E-state index is 10.6. The number of likely N-dealkylation sites (tertiary alicyclic amines) is 2. The van der Waals surface area contributed by atoms with Crippen LogP contribution in [-0.2, 0) is 29.7 Å². The molecule has 3 aromatic rings. The van der Waals surface area contributed by atoms with Crippen LogP contribution in [0.1, 0.15) is 30.5 Å². The lowest BCUT2D eigenvalue weighted by Gasteiger charge is -2.49. The number of aliphatic hydroxyl groups is 1. The van der Waals surface area contributed by atoms with Crippen molar-refractivity contribution < 1.29 is 24.9 Å². The molecule has 3 N–H and O–H groups in total. The largest absolute Gasteiger partial charge is 0.483 e. The highest BCUT2D eigenvalue weighted by Gasteiger charge is 2.41. The van der Waals surface area contributed by atoms with Crippen LogP contribution in [0.4, 0.5) is 0 Å². The zero-order valence-electron chi connectivity index (χ0n) is 21.1. The summed E-state index contributed by atoms with van der Waals surface area (Å²) >= 11 is 0. The Kier molecular flexibility index (Phi) is 10.4. The second-order valence-electron chi connectivity index (χ2n) is 9.60.